The largest absolute Gasteiger partial charge is 0.469 e. The molecule has 0 spiro atoms. The Hall–Kier alpha value is -1.63. The van der Waals surface area contributed by atoms with E-state index in [0.717, 1.165) is 0 Å². The molecule has 0 aromatic rings. The lowest BCUT2D eigenvalue weighted by molar-refractivity contribution is -0.157. The molecule has 7 nitrogen and oxygen atoms in total. The Kier molecular flexibility index (Phi) is 8.61. The van der Waals surface area contributed by atoms with Gasteiger partial charge in [-0.05, 0) is 20.8 Å². The highest BCUT2D eigenvalue weighted by Gasteiger charge is 2.20. The number of carbonyl (C=O) groups is 3. The summed E-state index contributed by atoms with van der Waals surface area (Å²) < 4.78 is 14.3. The zero-order valence-corrected chi connectivity index (χ0v) is 13.4. The molecule has 0 aliphatic rings. The summed E-state index contributed by atoms with van der Waals surface area (Å²) in [5.41, 5.74) is -0.576. The van der Waals surface area contributed by atoms with E-state index in [4.69, 9.17) is 4.74 Å². The van der Waals surface area contributed by atoms with Gasteiger partial charge in [-0.15, -0.1) is 0 Å². The molecule has 0 aliphatic carbocycles. The van der Waals surface area contributed by atoms with Gasteiger partial charge in [0, 0.05) is 13.1 Å². The first kappa shape index (κ1) is 19.4. The van der Waals surface area contributed by atoms with Gasteiger partial charge in [-0.25, -0.2) is 0 Å². The molecule has 0 saturated carbocycles. The Bertz CT molecular complexity index is 341. The number of esters is 3. The van der Waals surface area contributed by atoms with E-state index in [1.807, 2.05) is 0 Å². The third-order valence-electron chi connectivity index (χ3n) is 2.49. The van der Waals surface area contributed by atoms with Crippen molar-refractivity contribution < 1.29 is 28.6 Å². The van der Waals surface area contributed by atoms with Crippen LogP contribution in [0.2, 0.25) is 0 Å². The van der Waals surface area contributed by atoms with Crippen molar-refractivity contribution in [3.8, 4) is 0 Å². The van der Waals surface area contributed by atoms with Crippen molar-refractivity contribution in [1.29, 1.82) is 0 Å². The highest BCUT2D eigenvalue weighted by atomic mass is 16.6. The fourth-order valence-corrected chi connectivity index (χ4v) is 1.53. The molecule has 0 rings (SSSR count). The summed E-state index contributed by atoms with van der Waals surface area (Å²) >= 11 is 0. The minimum atomic E-state index is -0.576. The zero-order chi connectivity index (χ0) is 16.5. The zero-order valence-electron chi connectivity index (χ0n) is 13.4. The van der Waals surface area contributed by atoms with E-state index in [1.54, 1.807) is 25.7 Å². The first-order valence-electron chi connectivity index (χ1n) is 6.75. The highest BCUT2D eigenvalue weighted by molar-refractivity contribution is 5.73. The van der Waals surface area contributed by atoms with Crippen LogP contribution in [0.4, 0.5) is 0 Å². The predicted octanol–water partition coefficient (Wildman–Crippen LogP) is 0.756. The van der Waals surface area contributed by atoms with Crippen molar-refractivity contribution in [2.45, 2.75) is 39.2 Å². The summed E-state index contributed by atoms with van der Waals surface area (Å²) in [7, 11) is 2.60. The number of ether oxygens (including phenoxy) is 3. The normalized spacial score (nSPS) is 11.1. The average Bonchev–Trinajstić information content (AvgIpc) is 2.38. The van der Waals surface area contributed by atoms with E-state index in [0.29, 0.717) is 13.1 Å². The monoisotopic (exact) mass is 303 g/mol. The van der Waals surface area contributed by atoms with Gasteiger partial charge in [-0.3, -0.25) is 19.3 Å². The van der Waals surface area contributed by atoms with Crippen LogP contribution < -0.4 is 0 Å². The third kappa shape index (κ3) is 10.8. The minimum absolute atomic E-state index is 0.00522. The Labute approximate surface area is 125 Å². The molecule has 0 radical (unpaired) electrons. The van der Waals surface area contributed by atoms with Gasteiger partial charge in [0.05, 0.1) is 33.6 Å². The van der Waals surface area contributed by atoms with Crippen molar-refractivity contribution in [3.05, 3.63) is 0 Å². The van der Waals surface area contributed by atoms with Gasteiger partial charge in [0.2, 0.25) is 0 Å². The Morgan fingerprint density at radius 3 is 1.62 bits per heavy atom. The molecular weight excluding hydrogens is 278 g/mol. The van der Waals surface area contributed by atoms with Gasteiger partial charge < -0.3 is 14.2 Å². The van der Waals surface area contributed by atoms with Crippen LogP contribution in [0, 0.1) is 0 Å². The average molecular weight is 303 g/mol. The van der Waals surface area contributed by atoms with Crippen LogP contribution >= 0.6 is 0 Å². The highest BCUT2D eigenvalue weighted by Crippen LogP contribution is 2.08. The molecule has 0 fully saturated rings. The smallest absolute Gasteiger partial charge is 0.320 e. The third-order valence-corrected chi connectivity index (χ3v) is 2.49. The number of hydrogen-bond acceptors (Lipinski definition) is 7. The first-order valence-corrected chi connectivity index (χ1v) is 6.75. The van der Waals surface area contributed by atoms with Gasteiger partial charge in [0.15, 0.2) is 0 Å². The molecule has 0 saturated heterocycles. The van der Waals surface area contributed by atoms with E-state index in [2.05, 4.69) is 9.47 Å². The van der Waals surface area contributed by atoms with E-state index >= 15 is 0 Å². The van der Waals surface area contributed by atoms with Crippen molar-refractivity contribution in [2.24, 2.45) is 0 Å². The fraction of sp³-hybridized carbons (Fsp3) is 0.786. The molecule has 0 atom stereocenters. The maximum absolute atomic E-state index is 11.8. The van der Waals surface area contributed by atoms with E-state index in [1.165, 1.54) is 14.2 Å². The maximum atomic E-state index is 11.8. The number of hydrogen-bond donors (Lipinski definition) is 0. The summed E-state index contributed by atoms with van der Waals surface area (Å²) in [6, 6.07) is 0. The van der Waals surface area contributed by atoms with Gasteiger partial charge in [-0.2, -0.15) is 0 Å². The summed E-state index contributed by atoms with van der Waals surface area (Å²) in [4.78, 5) is 35.8. The minimum Gasteiger partial charge on any atom is -0.469 e. The molecule has 0 N–H and O–H groups in total. The molecule has 0 unspecified atom stereocenters. The second-order valence-corrected chi connectivity index (χ2v) is 5.51. The SMILES string of the molecule is COC(=O)CCN(CCC(=O)OC)CC(=O)OC(C)(C)C. The molecule has 0 aromatic carbocycles. The van der Waals surface area contributed by atoms with Gasteiger partial charge >= 0.3 is 17.9 Å². The topological polar surface area (TPSA) is 82.1 Å². The van der Waals surface area contributed by atoms with E-state index < -0.39 is 11.6 Å². The molecule has 7 heteroatoms. The lowest BCUT2D eigenvalue weighted by Gasteiger charge is -2.24. The molecule has 122 valence electrons. The Morgan fingerprint density at radius 2 is 1.29 bits per heavy atom. The van der Waals surface area contributed by atoms with E-state index in [9.17, 15) is 14.4 Å². The fourth-order valence-electron chi connectivity index (χ4n) is 1.53. The molecule has 0 heterocycles. The van der Waals surface area contributed by atoms with Gasteiger partial charge in [0.25, 0.3) is 0 Å². The van der Waals surface area contributed by atoms with Crippen LogP contribution in [0.25, 0.3) is 0 Å². The van der Waals surface area contributed by atoms with Crippen LogP contribution in [0.3, 0.4) is 0 Å². The number of rotatable bonds is 8. The molecular formula is C14H25NO6. The summed E-state index contributed by atoms with van der Waals surface area (Å²) in [5.74, 6) is -1.15. The number of carbonyl (C=O) groups excluding carboxylic acids is 3. The van der Waals surface area contributed by atoms with Crippen molar-refractivity contribution in [1.82, 2.24) is 4.90 Å². The molecule has 0 aliphatic heterocycles. The van der Waals surface area contributed by atoms with Crippen molar-refractivity contribution >= 4 is 17.9 Å². The second-order valence-electron chi connectivity index (χ2n) is 5.51. The molecule has 0 amide bonds. The number of methoxy groups -OCH3 is 2. The quantitative estimate of drug-likeness (QED) is 0.483. The lowest BCUT2D eigenvalue weighted by atomic mass is 10.2. The molecule has 0 bridgehead atoms. The Balaban J connectivity index is 4.45. The summed E-state index contributed by atoms with van der Waals surface area (Å²) in [5, 5.41) is 0. The van der Waals surface area contributed by atoms with Gasteiger partial charge in [0.1, 0.15) is 5.60 Å². The molecule has 0 aromatic heterocycles. The summed E-state index contributed by atoms with van der Waals surface area (Å²) in [6.45, 7) is 5.95. The number of nitrogens with zero attached hydrogens (tertiary/aromatic N) is 1. The van der Waals surface area contributed by atoms with Crippen LogP contribution in [0.15, 0.2) is 0 Å². The van der Waals surface area contributed by atoms with Crippen LogP contribution in [0.1, 0.15) is 33.6 Å². The van der Waals surface area contributed by atoms with Crippen LogP contribution in [-0.2, 0) is 28.6 Å². The molecule has 21 heavy (non-hydrogen) atoms. The Morgan fingerprint density at radius 1 is 0.857 bits per heavy atom. The predicted molar refractivity (Wildman–Crippen MR) is 75.6 cm³/mol. The summed E-state index contributed by atoms with van der Waals surface area (Å²) in [6.07, 6.45) is 0.279. The van der Waals surface area contributed by atoms with E-state index in [-0.39, 0.29) is 31.3 Å². The second kappa shape index (κ2) is 9.33. The van der Waals surface area contributed by atoms with Crippen LogP contribution in [0.5, 0.6) is 0 Å². The lowest BCUT2D eigenvalue weighted by Crippen LogP contribution is -2.37. The van der Waals surface area contributed by atoms with Crippen molar-refractivity contribution in [2.75, 3.05) is 33.9 Å². The van der Waals surface area contributed by atoms with Crippen LogP contribution in [-0.4, -0.2) is 62.3 Å². The first-order chi connectivity index (χ1) is 9.67. The maximum Gasteiger partial charge on any atom is 0.320 e. The standard InChI is InChI=1S/C14H25NO6/c1-14(2,3)21-13(18)10-15(8-6-11(16)19-4)9-7-12(17)20-5/h6-10H2,1-5H3. The van der Waals surface area contributed by atoms with Crippen molar-refractivity contribution in [3.63, 3.8) is 0 Å². The van der Waals surface area contributed by atoms with Gasteiger partial charge in [-0.1, -0.05) is 0 Å².